The smallest absolute Gasteiger partial charge is 0.334 e. The van der Waals surface area contributed by atoms with Gasteiger partial charge in [0.1, 0.15) is 5.82 Å². The highest BCUT2D eigenvalue weighted by Crippen LogP contribution is 2.20. The highest BCUT2D eigenvalue weighted by atomic mass is 79.9. The second-order valence-electron chi connectivity index (χ2n) is 4.17. The van der Waals surface area contributed by atoms with E-state index >= 15 is 0 Å². The molecule has 18 heavy (non-hydrogen) atoms. The van der Waals surface area contributed by atoms with E-state index in [-0.39, 0.29) is 5.82 Å². The number of halogens is 2. The molecule has 1 N–H and O–H groups in total. The van der Waals surface area contributed by atoms with E-state index in [1.165, 1.54) is 12.1 Å². The Morgan fingerprint density at radius 3 is 3.06 bits per heavy atom. The number of carbonyl (C=O) groups is 1. The summed E-state index contributed by atoms with van der Waals surface area (Å²) in [6.45, 7) is 2.00. The molecule has 0 radical (unpaired) electrons. The van der Waals surface area contributed by atoms with Gasteiger partial charge in [-0.05, 0) is 17.7 Å². The molecule has 1 aromatic rings. The number of rotatable bonds is 3. The first kappa shape index (κ1) is 13.5. The van der Waals surface area contributed by atoms with Gasteiger partial charge in [0.2, 0.25) is 0 Å². The molecular formula is C12H13BrFNO3. The van der Waals surface area contributed by atoms with Gasteiger partial charge >= 0.3 is 5.97 Å². The maximum atomic E-state index is 13.0. The molecule has 0 aromatic heterocycles. The van der Waals surface area contributed by atoms with Gasteiger partial charge in [-0.1, -0.05) is 22.0 Å². The van der Waals surface area contributed by atoms with Crippen LogP contribution in [0.15, 0.2) is 22.7 Å². The van der Waals surface area contributed by atoms with Crippen LogP contribution in [0.5, 0.6) is 0 Å². The fourth-order valence-electron chi connectivity index (χ4n) is 1.89. The van der Waals surface area contributed by atoms with Gasteiger partial charge in [-0.2, -0.15) is 0 Å². The minimum atomic E-state index is -0.946. The zero-order valence-electron chi connectivity index (χ0n) is 9.60. The third-order valence-electron chi connectivity index (χ3n) is 2.84. The fourth-order valence-corrected chi connectivity index (χ4v) is 2.36. The van der Waals surface area contributed by atoms with Crippen molar-refractivity contribution >= 4 is 21.9 Å². The maximum Gasteiger partial charge on any atom is 0.334 e. The van der Waals surface area contributed by atoms with Crippen LogP contribution in [0.25, 0.3) is 0 Å². The van der Waals surface area contributed by atoms with Crippen LogP contribution in [-0.2, 0) is 16.1 Å². The van der Waals surface area contributed by atoms with Gasteiger partial charge in [-0.15, -0.1) is 0 Å². The van der Waals surface area contributed by atoms with Gasteiger partial charge in [0.15, 0.2) is 6.10 Å². The summed E-state index contributed by atoms with van der Waals surface area (Å²) in [5.74, 6) is -1.24. The Kier molecular flexibility index (Phi) is 4.31. The van der Waals surface area contributed by atoms with Crippen LogP contribution in [0.1, 0.15) is 5.56 Å². The molecule has 1 fully saturated rings. The van der Waals surface area contributed by atoms with Crippen molar-refractivity contribution in [1.29, 1.82) is 0 Å². The predicted octanol–water partition coefficient (Wildman–Crippen LogP) is 1.87. The molecule has 1 aromatic carbocycles. The summed E-state index contributed by atoms with van der Waals surface area (Å²) in [6, 6.07) is 4.50. The molecule has 1 aliphatic rings. The third-order valence-corrected chi connectivity index (χ3v) is 3.57. The van der Waals surface area contributed by atoms with Crippen molar-refractivity contribution in [3.63, 3.8) is 0 Å². The van der Waals surface area contributed by atoms with Crippen molar-refractivity contribution in [2.75, 3.05) is 19.7 Å². The van der Waals surface area contributed by atoms with Gasteiger partial charge in [-0.25, -0.2) is 9.18 Å². The van der Waals surface area contributed by atoms with E-state index in [0.29, 0.717) is 30.7 Å². The SMILES string of the molecule is O=C(O)C1CN(Cc2ccc(F)cc2Br)CCO1. The number of aliphatic carboxylic acids is 1. The topological polar surface area (TPSA) is 49.8 Å². The molecule has 98 valence electrons. The summed E-state index contributed by atoms with van der Waals surface area (Å²) in [5, 5.41) is 8.90. The normalized spacial score (nSPS) is 20.9. The Balaban J connectivity index is 2.02. The molecular weight excluding hydrogens is 305 g/mol. The van der Waals surface area contributed by atoms with E-state index in [1.807, 2.05) is 4.90 Å². The molecule has 1 aliphatic heterocycles. The van der Waals surface area contributed by atoms with Crippen molar-refractivity contribution < 1.29 is 19.0 Å². The van der Waals surface area contributed by atoms with Crippen LogP contribution >= 0.6 is 15.9 Å². The molecule has 0 bridgehead atoms. The number of carboxylic acids is 1. The van der Waals surface area contributed by atoms with Crippen LogP contribution in [0.3, 0.4) is 0 Å². The fraction of sp³-hybridized carbons (Fsp3) is 0.417. The van der Waals surface area contributed by atoms with Gasteiger partial charge in [0.05, 0.1) is 6.61 Å². The molecule has 1 atom stereocenters. The van der Waals surface area contributed by atoms with Crippen LogP contribution < -0.4 is 0 Å². The molecule has 6 heteroatoms. The van der Waals surface area contributed by atoms with Crippen molar-refractivity contribution in [3.8, 4) is 0 Å². The minimum Gasteiger partial charge on any atom is -0.479 e. The largest absolute Gasteiger partial charge is 0.479 e. The Morgan fingerprint density at radius 1 is 1.61 bits per heavy atom. The monoisotopic (exact) mass is 317 g/mol. The lowest BCUT2D eigenvalue weighted by Crippen LogP contribution is -2.45. The van der Waals surface area contributed by atoms with Crippen LogP contribution in [-0.4, -0.2) is 41.8 Å². The quantitative estimate of drug-likeness (QED) is 0.924. The standard InChI is InChI=1S/C12H13BrFNO3/c13-10-5-9(14)2-1-8(10)6-15-3-4-18-11(7-15)12(16)17/h1-2,5,11H,3-4,6-7H2,(H,16,17). The maximum absolute atomic E-state index is 13.0. The second kappa shape index (κ2) is 5.77. The van der Waals surface area contributed by atoms with E-state index in [4.69, 9.17) is 9.84 Å². The van der Waals surface area contributed by atoms with E-state index in [9.17, 15) is 9.18 Å². The van der Waals surface area contributed by atoms with Crippen molar-refractivity contribution in [3.05, 3.63) is 34.1 Å². The van der Waals surface area contributed by atoms with Gasteiger partial charge < -0.3 is 9.84 Å². The highest BCUT2D eigenvalue weighted by molar-refractivity contribution is 9.10. The molecule has 1 heterocycles. The molecule has 0 saturated carbocycles. The van der Waals surface area contributed by atoms with Crippen LogP contribution in [0.4, 0.5) is 4.39 Å². The molecule has 4 nitrogen and oxygen atoms in total. The number of morpholine rings is 1. The molecule has 0 aliphatic carbocycles. The molecule has 0 spiro atoms. The predicted molar refractivity (Wildman–Crippen MR) is 66.8 cm³/mol. The first-order valence-corrected chi connectivity index (χ1v) is 6.36. The first-order chi connectivity index (χ1) is 8.56. The molecule has 1 unspecified atom stereocenters. The number of benzene rings is 1. The highest BCUT2D eigenvalue weighted by Gasteiger charge is 2.26. The van der Waals surface area contributed by atoms with Crippen LogP contribution in [0.2, 0.25) is 0 Å². The summed E-state index contributed by atoms with van der Waals surface area (Å²) in [5.41, 5.74) is 0.933. The Hall–Kier alpha value is -0.980. The van der Waals surface area contributed by atoms with Crippen molar-refractivity contribution in [1.82, 2.24) is 4.90 Å². The molecule has 2 rings (SSSR count). The van der Waals surface area contributed by atoms with Crippen molar-refractivity contribution in [2.24, 2.45) is 0 Å². The minimum absolute atomic E-state index is 0.295. The average molecular weight is 318 g/mol. The zero-order valence-corrected chi connectivity index (χ0v) is 11.2. The third kappa shape index (κ3) is 3.28. The second-order valence-corrected chi connectivity index (χ2v) is 5.02. The summed E-state index contributed by atoms with van der Waals surface area (Å²) in [7, 11) is 0. The average Bonchev–Trinajstić information content (AvgIpc) is 2.33. The summed E-state index contributed by atoms with van der Waals surface area (Å²) in [4.78, 5) is 12.8. The van der Waals surface area contributed by atoms with E-state index < -0.39 is 12.1 Å². The van der Waals surface area contributed by atoms with E-state index in [0.717, 1.165) is 5.56 Å². The number of carboxylic acid groups (broad SMARTS) is 1. The van der Waals surface area contributed by atoms with Gasteiger partial charge in [-0.3, -0.25) is 4.90 Å². The Labute approximate surface area is 112 Å². The lowest BCUT2D eigenvalue weighted by molar-refractivity contribution is -0.156. The number of ether oxygens (including phenoxy) is 1. The molecule has 0 amide bonds. The number of hydrogen-bond donors (Lipinski definition) is 1. The lowest BCUT2D eigenvalue weighted by Gasteiger charge is -2.31. The Bertz CT molecular complexity index is 455. The van der Waals surface area contributed by atoms with Crippen LogP contribution in [0, 0.1) is 5.82 Å². The molecule has 1 saturated heterocycles. The Morgan fingerprint density at radius 2 is 2.39 bits per heavy atom. The van der Waals surface area contributed by atoms with Crippen molar-refractivity contribution in [2.45, 2.75) is 12.6 Å². The van der Waals surface area contributed by atoms with Gasteiger partial charge in [0, 0.05) is 24.1 Å². The zero-order chi connectivity index (χ0) is 13.1. The summed E-state index contributed by atoms with van der Waals surface area (Å²) < 4.78 is 18.8. The number of hydrogen-bond acceptors (Lipinski definition) is 3. The first-order valence-electron chi connectivity index (χ1n) is 5.57. The lowest BCUT2D eigenvalue weighted by atomic mass is 10.2. The summed E-state index contributed by atoms with van der Waals surface area (Å²) >= 11 is 3.30. The van der Waals surface area contributed by atoms with E-state index in [1.54, 1.807) is 6.07 Å². The number of nitrogens with zero attached hydrogens (tertiary/aromatic N) is 1. The van der Waals surface area contributed by atoms with Gasteiger partial charge in [0.25, 0.3) is 0 Å². The van der Waals surface area contributed by atoms with E-state index in [2.05, 4.69) is 15.9 Å². The summed E-state index contributed by atoms with van der Waals surface area (Å²) in [6.07, 6.45) is -0.780.